The maximum Gasteiger partial charge on any atom is 0.264 e. The number of carbonyl (C=O) groups is 1. The third-order valence-electron chi connectivity index (χ3n) is 6.87. The minimum atomic E-state index is -3.72. The zero-order valence-corrected chi connectivity index (χ0v) is 20.6. The number of nitrogens with one attached hydrogen (secondary N) is 1. The molecule has 8 heteroatoms. The molecule has 0 radical (unpaired) electrons. The van der Waals surface area contributed by atoms with Gasteiger partial charge < -0.3 is 14.8 Å². The highest BCUT2D eigenvalue weighted by molar-refractivity contribution is 7.92. The van der Waals surface area contributed by atoms with Gasteiger partial charge in [0.05, 0.1) is 30.2 Å². The lowest BCUT2D eigenvalue weighted by Gasteiger charge is -2.31. The van der Waals surface area contributed by atoms with Crippen LogP contribution in [0.3, 0.4) is 0 Å². The average Bonchev–Trinajstić information content (AvgIpc) is 3.70. The lowest BCUT2D eigenvalue weighted by molar-refractivity contribution is -0.118. The summed E-state index contributed by atoms with van der Waals surface area (Å²) in [5.41, 5.74) is 2.52. The predicted octanol–water partition coefficient (Wildman–Crippen LogP) is 4.52. The maximum atomic E-state index is 13.4. The third kappa shape index (κ3) is 4.12. The van der Waals surface area contributed by atoms with E-state index in [2.05, 4.69) is 5.32 Å². The molecule has 1 aliphatic heterocycles. The first-order valence-corrected chi connectivity index (χ1v) is 13.1. The van der Waals surface area contributed by atoms with Crippen LogP contribution in [0.25, 0.3) is 0 Å². The number of anilines is 2. The lowest BCUT2D eigenvalue weighted by atomic mass is 9.93. The van der Waals surface area contributed by atoms with Crippen molar-refractivity contribution in [1.82, 2.24) is 0 Å². The zero-order chi connectivity index (χ0) is 24.6. The molecule has 35 heavy (non-hydrogen) atoms. The Hall–Kier alpha value is -3.52. The minimum absolute atomic E-state index is 0.0690. The van der Waals surface area contributed by atoms with Crippen molar-refractivity contribution in [3.8, 4) is 11.5 Å². The molecule has 3 aromatic rings. The van der Waals surface area contributed by atoms with E-state index < -0.39 is 15.4 Å². The Labute approximate surface area is 205 Å². The standard InChI is InChI=1S/C27H28N2O5S/c1-33-21-10-12-22(13-11-21)35(31,32)29-17-5-6-19-18-20(9-14-24(19)29)28-26(30)27(15-16-27)23-7-3-4-8-25(23)34-2/h3-4,7-14,18H,5-6,15-17H2,1-2H3,(H,28,30). The maximum absolute atomic E-state index is 13.4. The molecule has 0 saturated heterocycles. The number of aryl methyl sites for hydroxylation is 1. The van der Waals surface area contributed by atoms with Gasteiger partial charge in [-0.25, -0.2) is 8.42 Å². The van der Waals surface area contributed by atoms with Gasteiger partial charge in [0.15, 0.2) is 0 Å². The van der Waals surface area contributed by atoms with E-state index in [-0.39, 0.29) is 10.8 Å². The number of hydrogen-bond acceptors (Lipinski definition) is 5. The van der Waals surface area contributed by atoms with Crippen LogP contribution in [0.1, 0.15) is 30.4 Å². The van der Waals surface area contributed by atoms with Crippen LogP contribution in [-0.2, 0) is 26.7 Å². The van der Waals surface area contributed by atoms with Crippen LogP contribution in [0, 0.1) is 0 Å². The summed E-state index contributed by atoms with van der Waals surface area (Å²) in [6.45, 7) is 0.407. The van der Waals surface area contributed by atoms with Gasteiger partial charge in [0.25, 0.3) is 10.0 Å². The summed E-state index contributed by atoms with van der Waals surface area (Å²) >= 11 is 0. The van der Waals surface area contributed by atoms with Gasteiger partial charge in [0.2, 0.25) is 5.91 Å². The second-order valence-corrected chi connectivity index (χ2v) is 10.8. The van der Waals surface area contributed by atoms with E-state index in [0.29, 0.717) is 35.8 Å². The number of hydrogen-bond donors (Lipinski definition) is 1. The predicted molar refractivity (Wildman–Crippen MR) is 135 cm³/mol. The molecule has 1 amide bonds. The number of methoxy groups -OCH3 is 2. The van der Waals surface area contributed by atoms with E-state index in [1.807, 2.05) is 30.3 Å². The number of rotatable bonds is 7. The quantitative estimate of drug-likeness (QED) is 0.524. The number of fused-ring (bicyclic) bond motifs is 1. The number of ether oxygens (including phenoxy) is 2. The van der Waals surface area contributed by atoms with Crippen molar-refractivity contribution < 1.29 is 22.7 Å². The largest absolute Gasteiger partial charge is 0.497 e. The average molecular weight is 493 g/mol. The topological polar surface area (TPSA) is 84.9 Å². The monoisotopic (exact) mass is 492 g/mol. The molecule has 5 rings (SSSR count). The van der Waals surface area contributed by atoms with Crippen LogP contribution < -0.4 is 19.1 Å². The SMILES string of the molecule is COc1ccc(S(=O)(=O)N2CCCc3cc(NC(=O)C4(c5ccccc5OC)CC4)ccc32)cc1. The molecule has 0 unspecified atom stereocenters. The van der Waals surface area contributed by atoms with Crippen molar-refractivity contribution in [2.75, 3.05) is 30.4 Å². The summed E-state index contributed by atoms with van der Waals surface area (Å²) in [4.78, 5) is 13.5. The Morgan fingerprint density at radius 1 is 0.971 bits per heavy atom. The number of nitrogens with zero attached hydrogens (tertiary/aromatic N) is 1. The van der Waals surface area contributed by atoms with E-state index >= 15 is 0 Å². The van der Waals surface area contributed by atoms with Crippen LogP contribution in [-0.4, -0.2) is 35.1 Å². The molecule has 1 aliphatic carbocycles. The first kappa shape index (κ1) is 23.2. The third-order valence-corrected chi connectivity index (χ3v) is 8.70. The summed E-state index contributed by atoms with van der Waals surface area (Å²) in [6.07, 6.45) is 2.96. The molecule has 0 spiro atoms. The van der Waals surface area contributed by atoms with E-state index in [0.717, 1.165) is 30.4 Å². The van der Waals surface area contributed by atoms with E-state index in [4.69, 9.17) is 9.47 Å². The summed E-state index contributed by atoms with van der Waals surface area (Å²) < 4.78 is 38.8. The van der Waals surface area contributed by atoms with Crippen molar-refractivity contribution in [1.29, 1.82) is 0 Å². The highest BCUT2D eigenvalue weighted by Gasteiger charge is 2.52. The summed E-state index contributed by atoms with van der Waals surface area (Å²) in [5.74, 6) is 1.25. The molecule has 1 heterocycles. The Morgan fingerprint density at radius 2 is 1.71 bits per heavy atom. The number of benzene rings is 3. The summed E-state index contributed by atoms with van der Waals surface area (Å²) in [7, 11) is -0.560. The van der Waals surface area contributed by atoms with E-state index in [1.54, 1.807) is 50.6 Å². The second kappa shape index (κ2) is 8.92. The van der Waals surface area contributed by atoms with Gasteiger partial charge in [-0.2, -0.15) is 0 Å². The fourth-order valence-corrected chi connectivity index (χ4v) is 6.34. The van der Waals surface area contributed by atoms with Crippen LogP contribution in [0.2, 0.25) is 0 Å². The first-order chi connectivity index (χ1) is 16.9. The van der Waals surface area contributed by atoms with Crippen molar-refractivity contribution in [2.45, 2.75) is 36.0 Å². The van der Waals surface area contributed by atoms with Crippen molar-refractivity contribution >= 4 is 27.3 Å². The summed E-state index contributed by atoms with van der Waals surface area (Å²) in [6, 6.07) is 19.5. The fourth-order valence-electron chi connectivity index (χ4n) is 4.80. The van der Waals surface area contributed by atoms with Crippen LogP contribution >= 0.6 is 0 Å². The van der Waals surface area contributed by atoms with Crippen molar-refractivity contribution in [3.63, 3.8) is 0 Å². The molecular weight excluding hydrogens is 464 g/mol. The fraction of sp³-hybridized carbons (Fsp3) is 0.296. The molecule has 2 aliphatic rings. The second-order valence-electron chi connectivity index (χ2n) is 8.94. The molecule has 7 nitrogen and oxygen atoms in total. The summed E-state index contributed by atoms with van der Waals surface area (Å²) in [5, 5.41) is 3.07. The van der Waals surface area contributed by atoms with Gasteiger partial charge >= 0.3 is 0 Å². The minimum Gasteiger partial charge on any atom is -0.497 e. The van der Waals surface area contributed by atoms with Crippen LogP contribution in [0.4, 0.5) is 11.4 Å². The highest BCUT2D eigenvalue weighted by atomic mass is 32.2. The van der Waals surface area contributed by atoms with Crippen molar-refractivity contribution in [2.24, 2.45) is 0 Å². The number of amides is 1. The van der Waals surface area contributed by atoms with Gasteiger partial charge in [0, 0.05) is 17.8 Å². The molecule has 0 bridgehead atoms. The number of para-hydroxylation sites is 1. The lowest BCUT2D eigenvalue weighted by Crippen LogP contribution is -2.35. The first-order valence-electron chi connectivity index (χ1n) is 11.6. The zero-order valence-electron chi connectivity index (χ0n) is 19.8. The number of carbonyl (C=O) groups excluding carboxylic acids is 1. The van der Waals surface area contributed by atoms with Gasteiger partial charge in [-0.3, -0.25) is 9.10 Å². The van der Waals surface area contributed by atoms with Crippen LogP contribution in [0.15, 0.2) is 71.6 Å². The smallest absolute Gasteiger partial charge is 0.264 e. The normalized spacial score (nSPS) is 16.2. The Balaban J connectivity index is 1.39. The van der Waals surface area contributed by atoms with Crippen molar-refractivity contribution in [3.05, 3.63) is 77.9 Å². The molecular formula is C27H28N2O5S. The molecule has 1 saturated carbocycles. The Kier molecular flexibility index (Phi) is 5.92. The van der Waals surface area contributed by atoms with Gasteiger partial charge in [0.1, 0.15) is 11.5 Å². The van der Waals surface area contributed by atoms with E-state index in [1.165, 1.54) is 4.31 Å². The number of sulfonamides is 1. The Bertz CT molecular complexity index is 1360. The van der Waals surface area contributed by atoms with Crippen LogP contribution in [0.5, 0.6) is 11.5 Å². The van der Waals surface area contributed by atoms with E-state index in [9.17, 15) is 13.2 Å². The van der Waals surface area contributed by atoms with Gasteiger partial charge in [-0.15, -0.1) is 0 Å². The van der Waals surface area contributed by atoms with Gasteiger partial charge in [-0.1, -0.05) is 18.2 Å². The molecule has 1 fully saturated rings. The molecule has 182 valence electrons. The Morgan fingerprint density at radius 3 is 2.40 bits per heavy atom. The molecule has 1 N–H and O–H groups in total. The molecule has 0 atom stereocenters. The highest BCUT2D eigenvalue weighted by Crippen LogP contribution is 2.52. The molecule has 3 aromatic carbocycles. The van der Waals surface area contributed by atoms with Gasteiger partial charge in [-0.05, 0) is 79.8 Å². The molecule has 0 aromatic heterocycles.